The maximum absolute atomic E-state index is 10.1. The summed E-state index contributed by atoms with van der Waals surface area (Å²) < 4.78 is 2.15. The van der Waals surface area contributed by atoms with E-state index in [0.717, 1.165) is 15.2 Å². The van der Waals surface area contributed by atoms with Gasteiger partial charge in [-0.1, -0.05) is 69.5 Å². The van der Waals surface area contributed by atoms with Gasteiger partial charge >= 0.3 is 0 Å². The van der Waals surface area contributed by atoms with Gasteiger partial charge in [0.25, 0.3) is 0 Å². The second kappa shape index (κ2) is 12.7. The summed E-state index contributed by atoms with van der Waals surface area (Å²) in [6, 6.07) is 15.7. The third kappa shape index (κ3) is 9.56. The monoisotopic (exact) mass is 413 g/mol. The Bertz CT molecular complexity index is 495. The Labute approximate surface area is 144 Å². The van der Waals surface area contributed by atoms with Crippen LogP contribution in [0.4, 0.5) is 0 Å². The Balaban J connectivity index is 0.000000342. The van der Waals surface area contributed by atoms with E-state index in [2.05, 4.69) is 68.8 Å². The summed E-state index contributed by atoms with van der Waals surface area (Å²) in [5.74, 6) is 0. The molecule has 0 aliphatic rings. The van der Waals surface area contributed by atoms with E-state index >= 15 is 0 Å². The summed E-state index contributed by atoms with van der Waals surface area (Å²) >= 11 is 6.66. The number of carbonyl (C=O) groups is 1. The molecular weight excluding hydrogens is 394 g/mol. The van der Waals surface area contributed by atoms with Crippen LogP contribution in [-0.2, 0) is 6.42 Å². The van der Waals surface area contributed by atoms with Crippen LogP contribution in [0.3, 0.4) is 0 Å². The van der Waals surface area contributed by atoms with E-state index in [1.54, 1.807) is 12.1 Å². The zero-order valence-corrected chi connectivity index (χ0v) is 15.5. The van der Waals surface area contributed by atoms with Gasteiger partial charge in [-0.15, -0.1) is 0 Å². The molecule has 2 N–H and O–H groups in total. The van der Waals surface area contributed by atoms with Crippen molar-refractivity contribution in [3.63, 3.8) is 0 Å². The quantitative estimate of drug-likeness (QED) is 0.698. The largest absolute Gasteiger partial charge is 0.333 e. The van der Waals surface area contributed by atoms with Gasteiger partial charge in [-0.05, 0) is 43.3 Å². The van der Waals surface area contributed by atoms with Crippen molar-refractivity contribution in [2.45, 2.75) is 19.8 Å². The third-order valence-corrected chi connectivity index (χ3v) is 3.52. The number of rotatable bonds is 3. The van der Waals surface area contributed by atoms with Crippen molar-refractivity contribution in [2.24, 2.45) is 5.73 Å². The van der Waals surface area contributed by atoms with Gasteiger partial charge in [-0.3, -0.25) is 4.79 Å². The minimum absolute atomic E-state index is 0.707. The molecule has 114 valence electrons. The molecule has 0 heterocycles. The van der Waals surface area contributed by atoms with Crippen molar-refractivity contribution >= 4 is 38.1 Å². The highest BCUT2D eigenvalue weighted by Crippen LogP contribution is 2.11. The number of hydrogen-bond donors (Lipinski definition) is 1. The Hall–Kier alpha value is -0.970. The highest BCUT2D eigenvalue weighted by atomic mass is 79.9. The van der Waals surface area contributed by atoms with Crippen LogP contribution in [0.2, 0.25) is 0 Å². The highest BCUT2D eigenvalue weighted by Gasteiger charge is 1.89. The zero-order chi connectivity index (χ0) is 16.1. The SMILES string of the molecule is CCCc1ccc(Br)cc1.CN.O=Cc1ccc(Br)cc1. The van der Waals surface area contributed by atoms with Crippen molar-refractivity contribution in [1.29, 1.82) is 0 Å². The van der Waals surface area contributed by atoms with Gasteiger partial charge in [0.1, 0.15) is 6.29 Å². The zero-order valence-electron chi connectivity index (χ0n) is 12.4. The molecule has 0 aliphatic heterocycles. The van der Waals surface area contributed by atoms with Crippen molar-refractivity contribution in [3.05, 3.63) is 68.6 Å². The summed E-state index contributed by atoms with van der Waals surface area (Å²) in [6.45, 7) is 2.20. The first-order valence-corrected chi connectivity index (χ1v) is 8.27. The molecule has 2 nitrogen and oxygen atoms in total. The van der Waals surface area contributed by atoms with Gasteiger partial charge in [-0.25, -0.2) is 0 Å². The first-order valence-electron chi connectivity index (χ1n) is 6.68. The average Bonchev–Trinajstić information content (AvgIpc) is 2.53. The average molecular weight is 415 g/mol. The van der Waals surface area contributed by atoms with Crippen molar-refractivity contribution in [1.82, 2.24) is 0 Å². The third-order valence-electron chi connectivity index (χ3n) is 2.46. The summed E-state index contributed by atoms with van der Waals surface area (Å²) in [6.07, 6.45) is 3.24. The van der Waals surface area contributed by atoms with E-state index in [0.29, 0.717) is 5.56 Å². The van der Waals surface area contributed by atoms with Gasteiger partial charge < -0.3 is 5.73 Å². The molecule has 0 unspecified atom stereocenters. The van der Waals surface area contributed by atoms with Crippen LogP contribution in [0, 0.1) is 0 Å². The highest BCUT2D eigenvalue weighted by molar-refractivity contribution is 9.10. The molecule has 0 aromatic heterocycles. The van der Waals surface area contributed by atoms with Gasteiger partial charge in [0, 0.05) is 14.5 Å². The second-order valence-electron chi connectivity index (χ2n) is 4.05. The number of aryl methyl sites for hydroxylation is 1. The fourth-order valence-corrected chi connectivity index (χ4v) is 2.01. The predicted octanol–water partition coefficient (Wildman–Crippen LogP) is 5.24. The van der Waals surface area contributed by atoms with Crippen LogP contribution in [0.5, 0.6) is 0 Å². The molecule has 0 saturated carbocycles. The fourth-order valence-electron chi connectivity index (χ4n) is 1.48. The molecule has 0 saturated heterocycles. The Morgan fingerprint density at radius 1 is 0.905 bits per heavy atom. The molecular formula is C17H21Br2NO. The number of carbonyl (C=O) groups excluding carboxylic acids is 1. The first-order chi connectivity index (χ1) is 10.2. The molecule has 0 amide bonds. The summed E-state index contributed by atoms with van der Waals surface area (Å²) in [7, 11) is 1.50. The Morgan fingerprint density at radius 2 is 1.33 bits per heavy atom. The summed E-state index contributed by atoms with van der Waals surface area (Å²) in [4.78, 5) is 10.1. The van der Waals surface area contributed by atoms with Gasteiger partial charge in [0.05, 0.1) is 0 Å². The van der Waals surface area contributed by atoms with Crippen LogP contribution in [-0.4, -0.2) is 13.3 Å². The molecule has 4 heteroatoms. The lowest BCUT2D eigenvalue weighted by Gasteiger charge is -1.96. The molecule has 0 spiro atoms. The molecule has 21 heavy (non-hydrogen) atoms. The summed E-state index contributed by atoms with van der Waals surface area (Å²) in [5, 5.41) is 0. The molecule has 0 radical (unpaired) electrons. The molecule has 2 aromatic rings. The van der Waals surface area contributed by atoms with Crippen LogP contribution < -0.4 is 5.73 Å². The van der Waals surface area contributed by atoms with Crippen LogP contribution in [0.15, 0.2) is 57.5 Å². The lowest BCUT2D eigenvalue weighted by atomic mass is 10.1. The van der Waals surface area contributed by atoms with E-state index in [-0.39, 0.29) is 0 Å². The molecule has 0 atom stereocenters. The minimum Gasteiger partial charge on any atom is -0.333 e. The van der Waals surface area contributed by atoms with E-state index in [1.165, 1.54) is 25.5 Å². The van der Waals surface area contributed by atoms with Gasteiger partial charge in [-0.2, -0.15) is 0 Å². The Kier molecular flexibility index (Phi) is 12.2. The maximum Gasteiger partial charge on any atom is 0.150 e. The predicted molar refractivity (Wildman–Crippen MR) is 97.8 cm³/mol. The summed E-state index contributed by atoms with van der Waals surface area (Å²) in [5.41, 5.74) is 6.63. The number of halogens is 2. The normalized spacial score (nSPS) is 8.81. The van der Waals surface area contributed by atoms with E-state index in [9.17, 15) is 4.79 Å². The lowest BCUT2D eigenvalue weighted by Crippen LogP contribution is -1.80. The van der Waals surface area contributed by atoms with Crippen LogP contribution >= 0.6 is 31.9 Å². The van der Waals surface area contributed by atoms with E-state index in [4.69, 9.17) is 0 Å². The fraction of sp³-hybridized carbons (Fsp3) is 0.235. The molecule has 0 bridgehead atoms. The number of hydrogen-bond acceptors (Lipinski definition) is 2. The van der Waals surface area contributed by atoms with Crippen molar-refractivity contribution < 1.29 is 4.79 Å². The smallest absolute Gasteiger partial charge is 0.150 e. The lowest BCUT2D eigenvalue weighted by molar-refractivity contribution is 0.112. The standard InChI is InChI=1S/C9H11Br.C7H5BrO.CH5N/c1-2-3-8-4-6-9(10)7-5-8;8-7-3-1-6(5-9)2-4-7;1-2/h4-7H,2-3H2,1H3;1-5H;2H2,1H3. The maximum atomic E-state index is 10.1. The van der Waals surface area contributed by atoms with E-state index < -0.39 is 0 Å². The molecule has 0 aliphatic carbocycles. The van der Waals surface area contributed by atoms with Crippen molar-refractivity contribution in [2.75, 3.05) is 7.05 Å². The topological polar surface area (TPSA) is 43.1 Å². The van der Waals surface area contributed by atoms with Crippen molar-refractivity contribution in [3.8, 4) is 0 Å². The number of benzene rings is 2. The van der Waals surface area contributed by atoms with E-state index in [1.807, 2.05) is 12.1 Å². The molecule has 2 aromatic carbocycles. The van der Waals surface area contributed by atoms with Crippen LogP contribution in [0.1, 0.15) is 29.3 Å². The van der Waals surface area contributed by atoms with Gasteiger partial charge in [0.15, 0.2) is 0 Å². The number of aldehydes is 1. The number of nitrogens with two attached hydrogens (primary N) is 1. The second-order valence-corrected chi connectivity index (χ2v) is 5.88. The van der Waals surface area contributed by atoms with Gasteiger partial charge in [0.2, 0.25) is 0 Å². The van der Waals surface area contributed by atoms with Crippen LogP contribution in [0.25, 0.3) is 0 Å². The minimum atomic E-state index is 0.707. The Morgan fingerprint density at radius 3 is 1.71 bits per heavy atom. The molecule has 2 rings (SSSR count). The molecule has 0 fully saturated rings. The first kappa shape index (κ1) is 20.0.